The molecule has 0 bridgehead atoms. The Morgan fingerprint density at radius 2 is 1.63 bits per heavy atom. The van der Waals surface area contributed by atoms with Crippen molar-refractivity contribution in [2.24, 2.45) is 0 Å². The summed E-state index contributed by atoms with van der Waals surface area (Å²) in [6.07, 6.45) is 6.33. The number of benzene rings is 2. The lowest BCUT2D eigenvalue weighted by atomic mass is 10.2. The van der Waals surface area contributed by atoms with Crippen molar-refractivity contribution in [3.63, 3.8) is 0 Å². The first-order valence-corrected chi connectivity index (χ1v) is 9.58. The Bertz CT molecular complexity index is 1030. The predicted octanol–water partition coefficient (Wildman–Crippen LogP) is 3.53. The molecule has 3 rings (SSSR count). The maximum atomic E-state index is 12.4. The van der Waals surface area contributed by atoms with Gasteiger partial charge in [0.05, 0.1) is 4.90 Å². The number of pyridine rings is 1. The number of carbonyl (C=O) groups is 1. The highest BCUT2D eigenvalue weighted by molar-refractivity contribution is 7.92. The first-order chi connectivity index (χ1) is 13.0. The van der Waals surface area contributed by atoms with E-state index < -0.39 is 10.0 Å². The molecule has 0 radical (unpaired) electrons. The van der Waals surface area contributed by atoms with Crippen molar-refractivity contribution in [3.8, 4) is 0 Å². The highest BCUT2D eigenvalue weighted by Gasteiger charge is 2.13. The van der Waals surface area contributed by atoms with E-state index in [2.05, 4.69) is 15.0 Å². The van der Waals surface area contributed by atoms with Gasteiger partial charge in [-0.05, 0) is 54.1 Å². The summed E-state index contributed by atoms with van der Waals surface area (Å²) in [5.74, 6) is -0.322. The van der Waals surface area contributed by atoms with Crippen LogP contribution in [0.2, 0.25) is 0 Å². The highest BCUT2D eigenvalue weighted by Crippen LogP contribution is 2.18. The molecule has 6 nitrogen and oxygen atoms in total. The number of nitrogens with one attached hydrogen (secondary N) is 2. The van der Waals surface area contributed by atoms with Crippen molar-refractivity contribution in [2.75, 3.05) is 10.0 Å². The Labute approximate surface area is 157 Å². The van der Waals surface area contributed by atoms with E-state index >= 15 is 0 Å². The van der Waals surface area contributed by atoms with E-state index in [-0.39, 0.29) is 10.8 Å². The lowest BCUT2D eigenvalue weighted by Gasteiger charge is -2.09. The van der Waals surface area contributed by atoms with E-state index in [1.807, 2.05) is 6.07 Å². The highest BCUT2D eigenvalue weighted by atomic mass is 32.2. The topological polar surface area (TPSA) is 88.2 Å². The standard InChI is InChI=1S/C20H17N3O3S/c24-20(13-8-16-5-4-14-21-15-16)22-17-9-11-19(12-10-17)27(25,26)23-18-6-2-1-3-7-18/h1-15,23H,(H,22,24)/b13-8+. The van der Waals surface area contributed by atoms with Crippen molar-refractivity contribution in [2.45, 2.75) is 4.90 Å². The third-order valence-electron chi connectivity index (χ3n) is 3.57. The van der Waals surface area contributed by atoms with Crippen LogP contribution in [0.15, 0.2) is 90.1 Å². The van der Waals surface area contributed by atoms with Crippen LogP contribution < -0.4 is 10.0 Å². The van der Waals surface area contributed by atoms with Gasteiger partial charge >= 0.3 is 0 Å². The molecule has 0 fully saturated rings. The van der Waals surface area contributed by atoms with Gasteiger partial charge in [0.25, 0.3) is 10.0 Å². The van der Waals surface area contributed by atoms with Crippen LogP contribution in [0.25, 0.3) is 6.08 Å². The van der Waals surface area contributed by atoms with Crippen LogP contribution in [-0.4, -0.2) is 19.3 Å². The summed E-state index contributed by atoms with van der Waals surface area (Å²) >= 11 is 0. The van der Waals surface area contributed by atoms with Gasteiger partial charge in [0.1, 0.15) is 0 Å². The third-order valence-corrected chi connectivity index (χ3v) is 4.97. The van der Waals surface area contributed by atoms with E-state index in [1.165, 1.54) is 30.3 Å². The molecule has 1 aromatic heterocycles. The van der Waals surface area contributed by atoms with Gasteiger partial charge in [0.2, 0.25) is 5.91 Å². The van der Waals surface area contributed by atoms with Gasteiger partial charge in [-0.1, -0.05) is 24.3 Å². The molecule has 0 saturated carbocycles. The summed E-state index contributed by atoms with van der Waals surface area (Å²) in [6, 6.07) is 18.2. The normalized spacial score (nSPS) is 11.3. The van der Waals surface area contributed by atoms with Crippen LogP contribution >= 0.6 is 0 Å². The van der Waals surface area contributed by atoms with Crippen molar-refractivity contribution >= 4 is 33.4 Å². The van der Waals surface area contributed by atoms with Gasteiger partial charge in [-0.2, -0.15) is 0 Å². The van der Waals surface area contributed by atoms with Crippen molar-refractivity contribution < 1.29 is 13.2 Å². The minimum absolute atomic E-state index is 0.107. The molecule has 0 spiro atoms. The minimum atomic E-state index is -3.69. The second-order valence-corrected chi connectivity index (χ2v) is 7.29. The van der Waals surface area contributed by atoms with Crippen molar-refractivity contribution in [3.05, 3.63) is 90.8 Å². The molecular weight excluding hydrogens is 362 g/mol. The largest absolute Gasteiger partial charge is 0.323 e. The fourth-order valence-electron chi connectivity index (χ4n) is 2.27. The maximum absolute atomic E-state index is 12.4. The predicted molar refractivity (Wildman–Crippen MR) is 106 cm³/mol. The first-order valence-electron chi connectivity index (χ1n) is 8.10. The molecule has 0 aliphatic heterocycles. The van der Waals surface area contributed by atoms with E-state index in [0.717, 1.165) is 5.56 Å². The molecule has 0 atom stereocenters. The molecule has 0 unspecified atom stereocenters. The van der Waals surface area contributed by atoms with Crippen LogP contribution in [0.5, 0.6) is 0 Å². The van der Waals surface area contributed by atoms with Gasteiger partial charge in [0, 0.05) is 29.8 Å². The van der Waals surface area contributed by atoms with Crippen molar-refractivity contribution in [1.82, 2.24) is 4.98 Å². The number of sulfonamides is 1. The molecule has 7 heteroatoms. The Hall–Kier alpha value is -3.45. The number of hydrogen-bond donors (Lipinski definition) is 2. The van der Waals surface area contributed by atoms with Gasteiger partial charge in [-0.15, -0.1) is 0 Å². The van der Waals surface area contributed by atoms with Crippen molar-refractivity contribution in [1.29, 1.82) is 0 Å². The monoisotopic (exact) mass is 379 g/mol. The average molecular weight is 379 g/mol. The number of amides is 1. The Morgan fingerprint density at radius 3 is 2.30 bits per heavy atom. The molecule has 136 valence electrons. The quantitative estimate of drug-likeness (QED) is 0.641. The van der Waals surface area contributed by atoms with E-state index in [9.17, 15) is 13.2 Å². The summed E-state index contributed by atoms with van der Waals surface area (Å²) in [4.78, 5) is 16.0. The lowest BCUT2D eigenvalue weighted by molar-refractivity contribution is -0.111. The van der Waals surface area contributed by atoms with E-state index in [1.54, 1.807) is 54.9 Å². The molecule has 27 heavy (non-hydrogen) atoms. The lowest BCUT2D eigenvalue weighted by Crippen LogP contribution is -2.13. The maximum Gasteiger partial charge on any atom is 0.261 e. The molecular formula is C20H17N3O3S. The zero-order valence-corrected chi connectivity index (χ0v) is 15.1. The smallest absolute Gasteiger partial charge is 0.261 e. The SMILES string of the molecule is O=C(/C=C/c1cccnc1)Nc1ccc(S(=O)(=O)Nc2ccccc2)cc1. The van der Waals surface area contributed by atoms with Gasteiger partial charge in [-0.3, -0.25) is 14.5 Å². The molecule has 0 saturated heterocycles. The Morgan fingerprint density at radius 1 is 0.889 bits per heavy atom. The number of anilines is 2. The Balaban J connectivity index is 1.64. The number of carbonyl (C=O) groups excluding carboxylic acids is 1. The first kappa shape index (κ1) is 18.3. The number of aromatic nitrogens is 1. The summed E-state index contributed by atoms with van der Waals surface area (Å²) in [5, 5.41) is 2.68. The van der Waals surface area contributed by atoms with Crippen LogP contribution in [0, 0.1) is 0 Å². The molecule has 3 aromatic rings. The van der Waals surface area contributed by atoms with Gasteiger partial charge in [0.15, 0.2) is 0 Å². The number of rotatable bonds is 6. The average Bonchev–Trinajstić information content (AvgIpc) is 2.68. The van der Waals surface area contributed by atoms with Crippen LogP contribution in [0.3, 0.4) is 0 Å². The summed E-state index contributed by atoms with van der Waals surface area (Å²) < 4.78 is 27.3. The van der Waals surface area contributed by atoms with Crippen LogP contribution in [-0.2, 0) is 14.8 Å². The number of hydrogen-bond acceptors (Lipinski definition) is 4. The van der Waals surface area contributed by atoms with Gasteiger partial charge in [-0.25, -0.2) is 8.42 Å². The molecule has 2 N–H and O–H groups in total. The minimum Gasteiger partial charge on any atom is -0.323 e. The molecule has 0 aliphatic carbocycles. The number of nitrogens with zero attached hydrogens (tertiary/aromatic N) is 1. The van der Waals surface area contributed by atoms with E-state index in [0.29, 0.717) is 11.4 Å². The van der Waals surface area contributed by atoms with Crippen LogP contribution in [0.4, 0.5) is 11.4 Å². The Kier molecular flexibility index (Phi) is 5.63. The van der Waals surface area contributed by atoms with Gasteiger partial charge < -0.3 is 5.32 Å². The zero-order chi connectivity index (χ0) is 19.1. The fraction of sp³-hybridized carbons (Fsp3) is 0. The summed E-state index contributed by atoms with van der Waals surface area (Å²) in [5.41, 5.74) is 1.78. The summed E-state index contributed by atoms with van der Waals surface area (Å²) in [6.45, 7) is 0. The summed E-state index contributed by atoms with van der Waals surface area (Å²) in [7, 11) is -3.69. The molecule has 2 aromatic carbocycles. The molecule has 1 heterocycles. The third kappa shape index (κ3) is 5.26. The second kappa shape index (κ2) is 8.29. The van der Waals surface area contributed by atoms with Crippen LogP contribution in [0.1, 0.15) is 5.56 Å². The zero-order valence-electron chi connectivity index (χ0n) is 14.2. The number of para-hydroxylation sites is 1. The fourth-order valence-corrected chi connectivity index (χ4v) is 3.33. The molecule has 0 aliphatic rings. The van der Waals surface area contributed by atoms with E-state index in [4.69, 9.17) is 0 Å². The second-order valence-electron chi connectivity index (χ2n) is 5.60. The molecule has 1 amide bonds.